The number of carbonyl (C=O) groups excluding carboxylic acids is 1. The van der Waals surface area contributed by atoms with E-state index in [2.05, 4.69) is 10.6 Å². The number of hydrogen-bond acceptors (Lipinski definition) is 3. The first-order valence-electron chi connectivity index (χ1n) is 7.73. The van der Waals surface area contributed by atoms with Crippen LogP contribution in [0.15, 0.2) is 24.3 Å². The van der Waals surface area contributed by atoms with Crippen molar-refractivity contribution in [2.75, 3.05) is 19.6 Å². The number of halogens is 3. The molecule has 1 aliphatic carbocycles. The van der Waals surface area contributed by atoms with Crippen molar-refractivity contribution in [3.05, 3.63) is 35.4 Å². The highest BCUT2D eigenvalue weighted by Gasteiger charge is 2.55. The van der Waals surface area contributed by atoms with E-state index in [9.17, 15) is 18.0 Å². The van der Waals surface area contributed by atoms with Crippen LogP contribution in [0.1, 0.15) is 17.5 Å². The van der Waals surface area contributed by atoms with E-state index in [-0.39, 0.29) is 23.3 Å². The number of piperazine rings is 1. The second-order valence-electron chi connectivity index (χ2n) is 6.48. The van der Waals surface area contributed by atoms with Gasteiger partial charge in [-0.2, -0.15) is 13.2 Å². The van der Waals surface area contributed by atoms with E-state index >= 15 is 0 Å². The normalized spacial score (nSPS) is 30.9. The van der Waals surface area contributed by atoms with Crippen LogP contribution in [-0.4, -0.2) is 31.1 Å². The third kappa shape index (κ3) is 3.07. The van der Waals surface area contributed by atoms with Gasteiger partial charge in [0, 0.05) is 31.1 Å². The molecular weight excluding hydrogens is 307 g/mol. The lowest BCUT2D eigenvalue weighted by atomic mass is 9.56. The maximum atomic E-state index is 12.6. The van der Waals surface area contributed by atoms with Crippen molar-refractivity contribution in [2.45, 2.75) is 24.6 Å². The summed E-state index contributed by atoms with van der Waals surface area (Å²) in [4.78, 5) is 11.6. The molecule has 1 aliphatic heterocycles. The van der Waals surface area contributed by atoms with Crippen LogP contribution >= 0.6 is 0 Å². The fourth-order valence-electron chi connectivity index (χ4n) is 3.81. The van der Waals surface area contributed by atoms with Crippen molar-refractivity contribution in [1.82, 2.24) is 10.6 Å². The number of nitrogens with one attached hydrogen (secondary N) is 2. The van der Waals surface area contributed by atoms with Gasteiger partial charge < -0.3 is 16.4 Å². The third-order valence-corrected chi connectivity index (χ3v) is 5.10. The molecule has 0 aromatic heterocycles. The summed E-state index contributed by atoms with van der Waals surface area (Å²) in [7, 11) is 0. The second-order valence-corrected chi connectivity index (χ2v) is 6.48. The largest absolute Gasteiger partial charge is 0.416 e. The molecule has 3 rings (SSSR count). The fourth-order valence-corrected chi connectivity index (χ4v) is 3.81. The summed E-state index contributed by atoms with van der Waals surface area (Å²) in [5.41, 5.74) is 5.43. The zero-order valence-electron chi connectivity index (χ0n) is 12.6. The minimum atomic E-state index is -4.33. The van der Waals surface area contributed by atoms with Gasteiger partial charge in [0.2, 0.25) is 5.91 Å². The summed E-state index contributed by atoms with van der Waals surface area (Å²) < 4.78 is 37.9. The molecule has 126 valence electrons. The highest BCUT2D eigenvalue weighted by atomic mass is 19.4. The Hall–Kier alpha value is -1.60. The molecule has 3 atom stereocenters. The van der Waals surface area contributed by atoms with Crippen LogP contribution in [0, 0.1) is 11.8 Å². The number of rotatable bonds is 3. The van der Waals surface area contributed by atoms with Gasteiger partial charge in [0.05, 0.1) is 5.56 Å². The molecule has 0 radical (unpaired) electrons. The lowest BCUT2D eigenvalue weighted by Crippen LogP contribution is -2.73. The van der Waals surface area contributed by atoms with Gasteiger partial charge >= 0.3 is 6.18 Å². The van der Waals surface area contributed by atoms with E-state index in [4.69, 9.17) is 5.73 Å². The Morgan fingerprint density at radius 3 is 2.48 bits per heavy atom. The minimum absolute atomic E-state index is 0.00420. The van der Waals surface area contributed by atoms with E-state index in [0.29, 0.717) is 12.8 Å². The van der Waals surface area contributed by atoms with Crippen LogP contribution in [0.25, 0.3) is 0 Å². The summed E-state index contributed by atoms with van der Waals surface area (Å²) in [6, 6.07) is 5.16. The maximum Gasteiger partial charge on any atom is 0.416 e. The molecule has 1 amide bonds. The Labute approximate surface area is 132 Å². The minimum Gasteiger partial charge on any atom is -0.369 e. The molecule has 2 aliphatic rings. The van der Waals surface area contributed by atoms with Gasteiger partial charge in [-0.05, 0) is 36.5 Å². The van der Waals surface area contributed by atoms with Gasteiger partial charge in [-0.1, -0.05) is 12.1 Å². The summed E-state index contributed by atoms with van der Waals surface area (Å²) >= 11 is 0. The van der Waals surface area contributed by atoms with Crippen molar-refractivity contribution < 1.29 is 18.0 Å². The molecule has 7 heteroatoms. The molecule has 23 heavy (non-hydrogen) atoms. The van der Waals surface area contributed by atoms with Crippen LogP contribution in [0.3, 0.4) is 0 Å². The summed E-state index contributed by atoms with van der Waals surface area (Å²) in [6.07, 6.45) is -3.11. The van der Waals surface area contributed by atoms with E-state index in [1.54, 1.807) is 0 Å². The van der Waals surface area contributed by atoms with Crippen LogP contribution in [0.5, 0.6) is 0 Å². The Bertz CT molecular complexity index is 579. The first-order chi connectivity index (χ1) is 10.8. The lowest BCUT2D eigenvalue weighted by molar-refractivity contribution is -0.137. The zero-order valence-corrected chi connectivity index (χ0v) is 12.6. The standard InChI is InChI=1S/C16H20F3N3O/c17-16(18,19)11-3-1-10(2-4-11)7-13-12(14(20)23)8-15(13)9-21-5-6-22-15/h1-4,12-13,21-22H,5-9H2,(H2,20,23). The van der Waals surface area contributed by atoms with Crippen LogP contribution in [-0.2, 0) is 17.4 Å². The predicted octanol–water partition coefficient (Wildman–Crippen LogP) is 1.30. The van der Waals surface area contributed by atoms with Crippen LogP contribution in [0.2, 0.25) is 0 Å². The number of alkyl halides is 3. The van der Waals surface area contributed by atoms with Gasteiger partial charge in [-0.15, -0.1) is 0 Å². The van der Waals surface area contributed by atoms with Gasteiger partial charge in [-0.25, -0.2) is 0 Å². The topological polar surface area (TPSA) is 67.2 Å². The molecule has 1 aromatic rings. The number of hydrogen-bond donors (Lipinski definition) is 3. The quantitative estimate of drug-likeness (QED) is 0.784. The fraction of sp³-hybridized carbons (Fsp3) is 0.562. The smallest absolute Gasteiger partial charge is 0.369 e. The molecule has 1 saturated heterocycles. The van der Waals surface area contributed by atoms with Crippen molar-refractivity contribution in [2.24, 2.45) is 17.6 Å². The van der Waals surface area contributed by atoms with Gasteiger partial charge in [0.1, 0.15) is 0 Å². The highest BCUT2D eigenvalue weighted by Crippen LogP contribution is 2.46. The lowest BCUT2D eigenvalue weighted by Gasteiger charge is -2.56. The van der Waals surface area contributed by atoms with E-state index in [1.807, 2.05) is 0 Å². The summed E-state index contributed by atoms with van der Waals surface area (Å²) in [5, 5.41) is 6.79. The first kappa shape index (κ1) is 16.3. The molecule has 1 aromatic carbocycles. The van der Waals surface area contributed by atoms with Crippen molar-refractivity contribution in [3.8, 4) is 0 Å². The Morgan fingerprint density at radius 1 is 1.26 bits per heavy atom. The number of benzene rings is 1. The summed E-state index contributed by atoms with van der Waals surface area (Å²) in [6.45, 7) is 2.44. The molecular formula is C16H20F3N3O. The molecule has 3 unspecified atom stereocenters. The van der Waals surface area contributed by atoms with Crippen LogP contribution < -0.4 is 16.4 Å². The number of nitrogens with two attached hydrogens (primary N) is 1. The maximum absolute atomic E-state index is 12.6. The van der Waals surface area contributed by atoms with E-state index in [0.717, 1.165) is 37.3 Å². The van der Waals surface area contributed by atoms with Gasteiger partial charge in [0.15, 0.2) is 0 Å². The van der Waals surface area contributed by atoms with Crippen LogP contribution in [0.4, 0.5) is 13.2 Å². The molecule has 4 N–H and O–H groups in total. The first-order valence-corrected chi connectivity index (χ1v) is 7.73. The van der Waals surface area contributed by atoms with Crippen molar-refractivity contribution in [3.63, 3.8) is 0 Å². The Balaban J connectivity index is 1.76. The number of amides is 1. The predicted molar refractivity (Wildman–Crippen MR) is 79.5 cm³/mol. The molecule has 1 saturated carbocycles. The van der Waals surface area contributed by atoms with Gasteiger partial charge in [-0.3, -0.25) is 4.79 Å². The van der Waals surface area contributed by atoms with Gasteiger partial charge in [0.25, 0.3) is 0 Å². The average Bonchev–Trinajstić information content (AvgIpc) is 2.51. The Kier molecular flexibility index (Phi) is 4.10. The van der Waals surface area contributed by atoms with E-state index in [1.165, 1.54) is 12.1 Å². The molecule has 0 bridgehead atoms. The Morgan fingerprint density at radius 2 is 1.96 bits per heavy atom. The van der Waals surface area contributed by atoms with Crippen molar-refractivity contribution in [1.29, 1.82) is 0 Å². The number of primary amides is 1. The van der Waals surface area contributed by atoms with E-state index < -0.39 is 11.7 Å². The SMILES string of the molecule is NC(=O)C1CC2(CNCCN2)C1Cc1ccc(C(F)(F)F)cc1. The summed E-state index contributed by atoms with van der Waals surface area (Å²) in [5.74, 6) is -0.561. The highest BCUT2D eigenvalue weighted by molar-refractivity contribution is 5.79. The monoisotopic (exact) mass is 327 g/mol. The molecule has 1 spiro atoms. The molecule has 4 nitrogen and oxygen atoms in total. The number of carbonyl (C=O) groups is 1. The zero-order chi connectivity index (χ0) is 16.7. The van der Waals surface area contributed by atoms with Crippen molar-refractivity contribution >= 4 is 5.91 Å². The second kappa shape index (κ2) is 5.79. The average molecular weight is 327 g/mol. The molecule has 1 heterocycles. The third-order valence-electron chi connectivity index (χ3n) is 5.10. The molecule has 2 fully saturated rings.